The van der Waals surface area contributed by atoms with E-state index in [-0.39, 0.29) is 11.7 Å². The largest absolute Gasteiger partial charge is 0.324 e. The zero-order chi connectivity index (χ0) is 20.3. The van der Waals surface area contributed by atoms with Crippen LogP contribution in [0, 0.1) is 6.92 Å². The van der Waals surface area contributed by atoms with E-state index in [0.29, 0.717) is 32.5 Å². The van der Waals surface area contributed by atoms with Gasteiger partial charge in [0.15, 0.2) is 11.0 Å². The molecular formula is C18H15Cl3N4OS2. The molecule has 28 heavy (non-hydrogen) atoms. The van der Waals surface area contributed by atoms with E-state index in [4.69, 9.17) is 34.8 Å². The Hall–Kier alpha value is -1.51. The van der Waals surface area contributed by atoms with Crippen molar-refractivity contribution in [1.82, 2.24) is 14.8 Å². The summed E-state index contributed by atoms with van der Waals surface area (Å²) in [5.74, 6) is 0.639. The van der Waals surface area contributed by atoms with Crippen LogP contribution in [0.3, 0.4) is 0 Å². The van der Waals surface area contributed by atoms with Gasteiger partial charge in [-0.2, -0.15) is 0 Å². The number of rotatable bonds is 7. The SMILES string of the molecule is C=CCn1c(SCC(=O)Nc2cc(Cl)c(Cl)cc2Cl)nnc1-c1csc(C)c1. The van der Waals surface area contributed by atoms with Gasteiger partial charge in [0.2, 0.25) is 5.91 Å². The smallest absolute Gasteiger partial charge is 0.234 e. The first kappa shape index (κ1) is 21.2. The first-order valence-electron chi connectivity index (χ1n) is 8.06. The van der Waals surface area contributed by atoms with Crippen LogP contribution in [-0.2, 0) is 11.3 Å². The predicted molar refractivity (Wildman–Crippen MR) is 119 cm³/mol. The number of allylic oxidation sites excluding steroid dienone is 1. The molecule has 0 bridgehead atoms. The molecule has 5 nitrogen and oxygen atoms in total. The maximum absolute atomic E-state index is 12.3. The highest BCUT2D eigenvalue weighted by Gasteiger charge is 2.16. The third kappa shape index (κ3) is 4.90. The minimum Gasteiger partial charge on any atom is -0.324 e. The molecule has 0 radical (unpaired) electrons. The highest BCUT2D eigenvalue weighted by Crippen LogP contribution is 2.32. The summed E-state index contributed by atoms with van der Waals surface area (Å²) >= 11 is 20.9. The quantitative estimate of drug-likeness (QED) is 0.252. The van der Waals surface area contributed by atoms with Gasteiger partial charge in [-0.25, -0.2) is 0 Å². The highest BCUT2D eigenvalue weighted by atomic mass is 35.5. The van der Waals surface area contributed by atoms with Crippen LogP contribution < -0.4 is 5.32 Å². The Bertz CT molecular complexity index is 1030. The highest BCUT2D eigenvalue weighted by molar-refractivity contribution is 7.99. The van der Waals surface area contributed by atoms with E-state index < -0.39 is 0 Å². The molecule has 0 unspecified atom stereocenters. The van der Waals surface area contributed by atoms with Gasteiger partial charge in [0, 0.05) is 22.4 Å². The van der Waals surface area contributed by atoms with Crippen molar-refractivity contribution < 1.29 is 4.79 Å². The minimum atomic E-state index is -0.244. The summed E-state index contributed by atoms with van der Waals surface area (Å²) in [5, 5.41) is 14.9. The molecule has 0 atom stereocenters. The van der Waals surface area contributed by atoms with Gasteiger partial charge < -0.3 is 5.32 Å². The number of thioether (sulfide) groups is 1. The summed E-state index contributed by atoms with van der Waals surface area (Å²) in [6.45, 7) is 6.37. The van der Waals surface area contributed by atoms with Gasteiger partial charge in [-0.1, -0.05) is 52.6 Å². The molecule has 1 aromatic carbocycles. The molecule has 3 aromatic rings. The maximum Gasteiger partial charge on any atom is 0.234 e. The molecular weight excluding hydrogens is 459 g/mol. The van der Waals surface area contributed by atoms with E-state index in [1.54, 1.807) is 17.4 Å². The lowest BCUT2D eigenvalue weighted by atomic mass is 10.3. The van der Waals surface area contributed by atoms with E-state index in [0.717, 1.165) is 11.4 Å². The van der Waals surface area contributed by atoms with Crippen molar-refractivity contribution in [3.05, 3.63) is 56.2 Å². The molecule has 0 aliphatic heterocycles. The Balaban J connectivity index is 1.72. The fourth-order valence-corrected chi connectivity index (χ4v) is 4.42. The van der Waals surface area contributed by atoms with Crippen LogP contribution in [0.4, 0.5) is 5.69 Å². The number of aromatic nitrogens is 3. The molecule has 0 aliphatic rings. The lowest BCUT2D eigenvalue weighted by Crippen LogP contribution is -2.15. The fourth-order valence-electron chi connectivity index (χ4n) is 2.40. The molecule has 2 heterocycles. The van der Waals surface area contributed by atoms with E-state index in [1.807, 2.05) is 16.9 Å². The number of halogens is 3. The Kier molecular flexibility index (Phi) is 7.06. The van der Waals surface area contributed by atoms with E-state index in [9.17, 15) is 4.79 Å². The van der Waals surface area contributed by atoms with Crippen molar-refractivity contribution in [3.8, 4) is 11.4 Å². The number of nitrogens with one attached hydrogen (secondary N) is 1. The van der Waals surface area contributed by atoms with Crippen LogP contribution in [-0.4, -0.2) is 26.4 Å². The molecule has 0 fully saturated rings. The van der Waals surface area contributed by atoms with E-state index >= 15 is 0 Å². The van der Waals surface area contributed by atoms with Gasteiger partial charge >= 0.3 is 0 Å². The number of thiophene rings is 1. The minimum absolute atomic E-state index is 0.133. The summed E-state index contributed by atoms with van der Waals surface area (Å²) < 4.78 is 1.93. The van der Waals surface area contributed by atoms with Crippen LogP contribution >= 0.6 is 57.9 Å². The second-order valence-corrected chi connectivity index (χ2v) is 9.01. The Labute approximate surface area is 185 Å². The van der Waals surface area contributed by atoms with Gasteiger partial charge in [0.1, 0.15) is 0 Å². The third-order valence-electron chi connectivity index (χ3n) is 3.63. The summed E-state index contributed by atoms with van der Waals surface area (Å²) in [6, 6.07) is 5.07. The summed E-state index contributed by atoms with van der Waals surface area (Å²) in [4.78, 5) is 13.5. The topological polar surface area (TPSA) is 59.8 Å². The van der Waals surface area contributed by atoms with Gasteiger partial charge in [0.05, 0.1) is 26.5 Å². The van der Waals surface area contributed by atoms with Crippen molar-refractivity contribution in [3.63, 3.8) is 0 Å². The second-order valence-electron chi connectivity index (χ2n) is 5.73. The van der Waals surface area contributed by atoms with Crippen LogP contribution in [0.25, 0.3) is 11.4 Å². The Morgan fingerprint density at radius 2 is 2.00 bits per heavy atom. The van der Waals surface area contributed by atoms with Crippen LogP contribution in [0.2, 0.25) is 15.1 Å². The third-order valence-corrected chi connectivity index (χ3v) is 6.50. The lowest BCUT2D eigenvalue weighted by molar-refractivity contribution is -0.113. The van der Waals surface area contributed by atoms with Gasteiger partial charge in [-0.05, 0) is 25.1 Å². The average Bonchev–Trinajstić information content (AvgIpc) is 3.24. The molecule has 1 amide bonds. The molecule has 1 N–H and O–H groups in total. The van der Waals surface area contributed by atoms with Crippen molar-refractivity contribution in [2.45, 2.75) is 18.6 Å². The number of nitrogens with zero attached hydrogens (tertiary/aromatic N) is 3. The van der Waals surface area contributed by atoms with Crippen LogP contribution in [0.15, 0.2) is 41.4 Å². The number of carbonyl (C=O) groups excluding carboxylic acids is 1. The monoisotopic (exact) mass is 472 g/mol. The second kappa shape index (κ2) is 9.33. The molecule has 0 saturated heterocycles. The summed E-state index contributed by atoms with van der Waals surface area (Å²) in [7, 11) is 0. The van der Waals surface area contributed by atoms with E-state index in [2.05, 4.69) is 28.2 Å². The Morgan fingerprint density at radius 1 is 1.25 bits per heavy atom. The normalized spacial score (nSPS) is 10.9. The van der Waals surface area contributed by atoms with E-state index in [1.165, 1.54) is 28.8 Å². The van der Waals surface area contributed by atoms with Crippen molar-refractivity contribution >= 4 is 69.5 Å². The zero-order valence-corrected chi connectivity index (χ0v) is 18.6. The number of anilines is 1. The molecule has 0 aliphatic carbocycles. The number of carbonyl (C=O) groups is 1. The van der Waals surface area contributed by atoms with Crippen LogP contribution in [0.5, 0.6) is 0 Å². The van der Waals surface area contributed by atoms with Crippen LogP contribution in [0.1, 0.15) is 4.88 Å². The summed E-state index contributed by atoms with van der Waals surface area (Å²) in [6.07, 6.45) is 1.77. The summed E-state index contributed by atoms with van der Waals surface area (Å²) in [5.41, 5.74) is 1.40. The first-order valence-corrected chi connectivity index (χ1v) is 11.1. The molecule has 0 spiro atoms. The van der Waals surface area contributed by atoms with Gasteiger partial charge in [-0.3, -0.25) is 9.36 Å². The molecule has 10 heteroatoms. The number of hydrogen-bond acceptors (Lipinski definition) is 5. The van der Waals surface area contributed by atoms with Crippen molar-refractivity contribution in [2.75, 3.05) is 11.1 Å². The average molecular weight is 474 g/mol. The number of amides is 1. The zero-order valence-electron chi connectivity index (χ0n) is 14.7. The molecule has 146 valence electrons. The molecule has 0 saturated carbocycles. The number of hydrogen-bond donors (Lipinski definition) is 1. The molecule has 2 aromatic heterocycles. The Morgan fingerprint density at radius 3 is 2.68 bits per heavy atom. The van der Waals surface area contributed by atoms with Gasteiger partial charge in [0.25, 0.3) is 0 Å². The first-order chi connectivity index (χ1) is 13.4. The predicted octanol–water partition coefficient (Wildman–Crippen LogP) is 6.19. The lowest BCUT2D eigenvalue weighted by Gasteiger charge is -2.09. The molecule has 3 rings (SSSR count). The maximum atomic E-state index is 12.3. The fraction of sp³-hybridized carbons (Fsp3) is 0.167. The number of aryl methyl sites for hydroxylation is 1. The number of benzene rings is 1. The van der Waals surface area contributed by atoms with Crippen molar-refractivity contribution in [2.24, 2.45) is 0 Å². The van der Waals surface area contributed by atoms with Gasteiger partial charge in [-0.15, -0.1) is 28.1 Å². The van der Waals surface area contributed by atoms with Crippen molar-refractivity contribution in [1.29, 1.82) is 0 Å². The standard InChI is InChI=1S/C18H15Cl3N4OS2/c1-3-4-25-17(11-5-10(2)27-8-11)23-24-18(25)28-9-16(26)22-15-7-13(20)12(19)6-14(15)21/h3,5-8H,1,4,9H2,2H3,(H,22,26).